The van der Waals surface area contributed by atoms with Crippen LogP contribution in [0, 0.1) is 13.8 Å². The van der Waals surface area contributed by atoms with Crippen LogP contribution in [0.3, 0.4) is 0 Å². The van der Waals surface area contributed by atoms with E-state index in [-0.39, 0.29) is 38.6 Å². The van der Waals surface area contributed by atoms with Crippen molar-refractivity contribution in [1.82, 2.24) is 0 Å². The predicted molar refractivity (Wildman–Crippen MR) is 146 cm³/mol. The Balaban J connectivity index is 0.00000289. The first-order valence-electron chi connectivity index (χ1n) is 12.0. The van der Waals surface area contributed by atoms with E-state index in [4.69, 9.17) is 0 Å². The quantitative estimate of drug-likeness (QED) is 0.285. The van der Waals surface area contributed by atoms with Gasteiger partial charge in [-0.25, -0.2) is 0 Å². The van der Waals surface area contributed by atoms with Gasteiger partial charge in [0.05, 0.1) is 0 Å². The molecule has 5 rings (SSSR count). The van der Waals surface area contributed by atoms with Gasteiger partial charge in [-0.2, -0.15) is 0 Å². The average Bonchev–Trinajstić information content (AvgIpc) is 2.85. The van der Waals surface area contributed by atoms with Crippen LogP contribution in [0.15, 0.2) is 109 Å². The minimum absolute atomic E-state index is 0. The standard InChI is InChI=1S/C31H30NOP.Y/c1-24-14-12-15-25(2)29(24)32-30(33)31(22-13-23-31)34(26-16-6-3-7-17-26,27-18-8-4-9-19-27)28-20-10-5-11-21-28;/h3-12,14-21H,13,22-23H2,1-2H3;/p+1. The molecule has 0 unspecified atom stereocenters. The van der Waals surface area contributed by atoms with Gasteiger partial charge in [-0.1, -0.05) is 72.8 Å². The Hall–Kier alpha value is -2.12. The third kappa shape index (κ3) is 4.35. The van der Waals surface area contributed by atoms with Crippen molar-refractivity contribution in [1.29, 1.82) is 0 Å². The van der Waals surface area contributed by atoms with Crippen molar-refractivity contribution in [3.63, 3.8) is 0 Å². The van der Waals surface area contributed by atoms with Crippen molar-refractivity contribution in [2.75, 3.05) is 5.32 Å². The number of hydrogen-bond donors (Lipinski definition) is 1. The van der Waals surface area contributed by atoms with Gasteiger partial charge in [0.2, 0.25) is 0 Å². The normalized spacial score (nSPS) is 14.3. The predicted octanol–water partition coefficient (Wildman–Crippen LogP) is 6.16. The van der Waals surface area contributed by atoms with E-state index in [0.29, 0.717) is 0 Å². The fourth-order valence-electron chi connectivity index (χ4n) is 5.61. The van der Waals surface area contributed by atoms with Crippen molar-refractivity contribution in [3.05, 3.63) is 120 Å². The van der Waals surface area contributed by atoms with Crippen molar-refractivity contribution >= 4 is 34.8 Å². The Morgan fingerprint density at radius 2 is 1.06 bits per heavy atom. The van der Waals surface area contributed by atoms with Gasteiger partial charge in [0, 0.05) is 38.4 Å². The number of amides is 1. The van der Waals surface area contributed by atoms with Gasteiger partial charge in [-0.05, 0) is 80.6 Å². The summed E-state index contributed by atoms with van der Waals surface area (Å²) in [5.41, 5.74) is 3.16. The summed E-state index contributed by atoms with van der Waals surface area (Å²) in [4.78, 5) is 14.5. The fourth-order valence-corrected chi connectivity index (χ4v) is 11.2. The molecule has 1 aliphatic rings. The molecule has 4 aromatic rings. The van der Waals surface area contributed by atoms with Crippen LogP contribution < -0.4 is 21.2 Å². The molecular formula is C31H31NOPY+. The SMILES string of the molecule is Cc1cccc(C)c1NC(=O)C1([P+](c2ccccc2)(c2ccccc2)c2ccccc2)CCC1.[Y]. The summed E-state index contributed by atoms with van der Waals surface area (Å²) in [6.07, 6.45) is 2.83. The van der Waals surface area contributed by atoms with Gasteiger partial charge in [0.15, 0.2) is 5.16 Å². The third-order valence-corrected chi connectivity index (χ3v) is 12.5. The molecule has 0 spiro atoms. The molecule has 0 heterocycles. The Morgan fingerprint density at radius 3 is 1.40 bits per heavy atom. The zero-order valence-electron chi connectivity index (χ0n) is 20.4. The van der Waals surface area contributed by atoms with Gasteiger partial charge in [0.1, 0.15) is 23.2 Å². The summed E-state index contributed by atoms with van der Waals surface area (Å²) in [7, 11) is -2.32. The van der Waals surface area contributed by atoms with Crippen LogP contribution in [0.4, 0.5) is 5.69 Å². The number of carbonyl (C=O) groups is 1. The number of nitrogens with one attached hydrogen (secondary N) is 1. The summed E-state index contributed by atoms with van der Waals surface area (Å²) in [6.45, 7) is 4.15. The summed E-state index contributed by atoms with van der Waals surface area (Å²) < 4.78 is 0. The monoisotopic (exact) mass is 553 g/mol. The molecule has 1 amide bonds. The fraction of sp³-hybridized carbons (Fsp3) is 0.194. The number of carbonyl (C=O) groups excluding carboxylic acids is 1. The minimum Gasteiger partial charge on any atom is -0.322 e. The zero-order valence-corrected chi connectivity index (χ0v) is 24.2. The number of rotatable bonds is 6. The molecule has 0 bridgehead atoms. The van der Waals surface area contributed by atoms with Crippen LogP contribution in [0.1, 0.15) is 30.4 Å². The molecule has 1 N–H and O–H groups in total. The maximum Gasteiger partial charge on any atom is 0.269 e. The van der Waals surface area contributed by atoms with Crippen LogP contribution in [0.2, 0.25) is 0 Å². The van der Waals surface area contributed by atoms with E-state index < -0.39 is 12.4 Å². The van der Waals surface area contributed by atoms with Crippen LogP contribution in [0.5, 0.6) is 0 Å². The van der Waals surface area contributed by atoms with Crippen molar-refractivity contribution in [3.8, 4) is 0 Å². The van der Waals surface area contributed by atoms with Crippen molar-refractivity contribution in [2.45, 2.75) is 38.3 Å². The Morgan fingerprint density at radius 1 is 0.657 bits per heavy atom. The van der Waals surface area contributed by atoms with Gasteiger partial charge in [-0.15, -0.1) is 0 Å². The smallest absolute Gasteiger partial charge is 0.269 e. The molecule has 173 valence electrons. The summed E-state index contributed by atoms with van der Waals surface area (Å²) in [5, 5.41) is 6.73. The van der Waals surface area contributed by atoms with Gasteiger partial charge in [0.25, 0.3) is 5.91 Å². The molecule has 1 aliphatic carbocycles. The zero-order chi connectivity index (χ0) is 23.6. The largest absolute Gasteiger partial charge is 0.322 e. The Bertz CT molecular complexity index is 1170. The molecule has 4 aromatic carbocycles. The molecule has 1 fully saturated rings. The number of anilines is 1. The molecule has 0 aromatic heterocycles. The second kappa shape index (κ2) is 10.9. The van der Waals surface area contributed by atoms with E-state index >= 15 is 0 Å². The molecule has 0 aliphatic heterocycles. The topological polar surface area (TPSA) is 29.1 Å². The maximum atomic E-state index is 14.5. The summed E-state index contributed by atoms with van der Waals surface area (Å²) in [6, 6.07) is 38.5. The van der Waals surface area contributed by atoms with Crippen LogP contribution in [0.25, 0.3) is 0 Å². The van der Waals surface area contributed by atoms with Crippen LogP contribution >= 0.6 is 7.26 Å². The molecule has 0 saturated heterocycles. The van der Waals surface area contributed by atoms with Crippen LogP contribution in [-0.4, -0.2) is 11.1 Å². The minimum atomic E-state index is -2.32. The van der Waals surface area contributed by atoms with Crippen LogP contribution in [-0.2, 0) is 37.5 Å². The third-order valence-electron chi connectivity index (χ3n) is 7.40. The molecule has 2 nitrogen and oxygen atoms in total. The van der Waals surface area contributed by atoms with E-state index in [0.717, 1.165) is 36.1 Å². The van der Waals surface area contributed by atoms with Crippen molar-refractivity contribution in [2.24, 2.45) is 0 Å². The number of benzene rings is 4. The summed E-state index contributed by atoms with van der Waals surface area (Å²) >= 11 is 0. The number of aryl methyl sites for hydroxylation is 2. The van der Waals surface area contributed by atoms with E-state index in [1.165, 1.54) is 15.9 Å². The average molecular weight is 553 g/mol. The van der Waals surface area contributed by atoms with E-state index in [1.807, 2.05) is 0 Å². The maximum absolute atomic E-state index is 14.5. The number of hydrogen-bond acceptors (Lipinski definition) is 1. The molecule has 1 radical (unpaired) electrons. The van der Waals surface area contributed by atoms with E-state index in [2.05, 4.69) is 128 Å². The first-order valence-corrected chi connectivity index (χ1v) is 13.8. The molecular weight excluding hydrogens is 522 g/mol. The van der Waals surface area contributed by atoms with E-state index in [1.54, 1.807) is 0 Å². The first kappa shape index (κ1) is 26.0. The summed E-state index contributed by atoms with van der Waals surface area (Å²) in [5.74, 6) is 0.154. The number of para-hydroxylation sites is 1. The molecule has 4 heteroatoms. The second-order valence-electron chi connectivity index (χ2n) is 9.28. The molecule has 1 saturated carbocycles. The Kier molecular flexibility index (Phi) is 8.07. The molecule has 0 atom stereocenters. The second-order valence-corrected chi connectivity index (χ2v) is 13.0. The van der Waals surface area contributed by atoms with Gasteiger partial charge >= 0.3 is 0 Å². The van der Waals surface area contributed by atoms with Gasteiger partial charge in [-0.3, -0.25) is 4.79 Å². The van der Waals surface area contributed by atoms with E-state index in [9.17, 15) is 4.79 Å². The van der Waals surface area contributed by atoms with Gasteiger partial charge < -0.3 is 5.32 Å². The van der Waals surface area contributed by atoms with Crippen molar-refractivity contribution < 1.29 is 37.5 Å². The Labute approximate surface area is 234 Å². The molecule has 35 heavy (non-hydrogen) atoms. The first-order chi connectivity index (χ1) is 16.6.